The van der Waals surface area contributed by atoms with Crippen LogP contribution >= 0.6 is 10.0 Å². The van der Waals surface area contributed by atoms with E-state index in [0.29, 0.717) is 0 Å². The van der Waals surface area contributed by atoms with Gasteiger partial charge in [0, 0.05) is 52.4 Å². The second-order valence-electron chi connectivity index (χ2n) is 18.8. The topological polar surface area (TPSA) is 18.1 Å². The van der Waals surface area contributed by atoms with Crippen LogP contribution in [0.4, 0.5) is 0 Å². The zero-order valence-electron chi connectivity index (χ0n) is 38.6. The highest BCUT2D eigenvalue weighted by atomic mass is 32.3. The molecule has 3 heteroatoms. The summed E-state index contributed by atoms with van der Waals surface area (Å²) in [6, 6.07) is 96.9. The highest BCUT2D eigenvalue weighted by Gasteiger charge is 2.42. The van der Waals surface area contributed by atoms with Crippen LogP contribution in [0.15, 0.2) is 285 Å². The minimum absolute atomic E-state index is 0.907. The van der Waals surface area contributed by atoms with Crippen LogP contribution in [0, 0.1) is 0 Å². The normalized spacial score (nSPS) is 13.4. The fourth-order valence-electron chi connectivity index (χ4n) is 11.9. The molecule has 0 bridgehead atoms. The van der Waals surface area contributed by atoms with Gasteiger partial charge in [0.25, 0.3) is 0 Å². The molecule has 0 saturated heterocycles. The number of rotatable bonds is 6. The van der Waals surface area contributed by atoms with Gasteiger partial charge in [-0.05, 0) is 133 Å². The molecule has 2 nitrogen and oxygen atoms in total. The fourth-order valence-corrected chi connectivity index (χ4v) is 16.1. The monoisotopic (exact) mass is 921 g/mol. The molecule has 0 fully saturated rings. The highest BCUT2D eigenvalue weighted by Crippen LogP contribution is 2.80. The molecule has 71 heavy (non-hydrogen) atoms. The maximum Gasteiger partial charge on any atom is 0.143 e. The van der Waals surface area contributed by atoms with E-state index in [0.717, 1.165) is 38.8 Å². The van der Waals surface area contributed by atoms with Crippen LogP contribution in [0.1, 0.15) is 0 Å². The van der Waals surface area contributed by atoms with Crippen molar-refractivity contribution in [1.82, 2.24) is 4.57 Å². The summed E-state index contributed by atoms with van der Waals surface area (Å²) in [5, 5.41) is 9.72. The molecular weight excluding hydrogens is 879 g/mol. The van der Waals surface area contributed by atoms with Gasteiger partial charge in [-0.1, -0.05) is 188 Å². The van der Waals surface area contributed by atoms with Crippen molar-refractivity contribution >= 4 is 75.3 Å². The molecule has 0 radical (unpaired) electrons. The van der Waals surface area contributed by atoms with Crippen molar-refractivity contribution in [1.29, 1.82) is 0 Å². The third-order valence-electron chi connectivity index (χ3n) is 15.0. The van der Waals surface area contributed by atoms with Crippen molar-refractivity contribution in [3.8, 4) is 50.2 Å². The number of furan rings is 1. The average molecular weight is 922 g/mol. The number of fused-ring (bicyclic) bond motifs is 11. The van der Waals surface area contributed by atoms with E-state index in [1.165, 1.54) is 96.3 Å². The van der Waals surface area contributed by atoms with Gasteiger partial charge in [0.15, 0.2) is 0 Å². The van der Waals surface area contributed by atoms with Gasteiger partial charge >= 0.3 is 0 Å². The van der Waals surface area contributed by atoms with Crippen LogP contribution in [0.3, 0.4) is 0 Å². The molecule has 2 aromatic heterocycles. The zero-order chi connectivity index (χ0) is 46.6. The van der Waals surface area contributed by atoms with E-state index in [1.54, 1.807) is 0 Å². The van der Waals surface area contributed by atoms with Crippen molar-refractivity contribution in [2.45, 2.75) is 19.6 Å². The lowest BCUT2D eigenvalue weighted by molar-refractivity contribution is 0.670. The van der Waals surface area contributed by atoms with E-state index in [-0.39, 0.29) is 0 Å². The Balaban J connectivity index is 0.989. The molecule has 0 unspecified atom stereocenters. The first kappa shape index (κ1) is 40.0. The van der Waals surface area contributed by atoms with E-state index >= 15 is 0 Å². The second-order valence-corrected chi connectivity index (χ2v) is 21.8. The first-order valence-electron chi connectivity index (χ1n) is 24.4. The van der Waals surface area contributed by atoms with Gasteiger partial charge in [-0.2, -0.15) is 0 Å². The van der Waals surface area contributed by atoms with Crippen LogP contribution in [0.5, 0.6) is 0 Å². The SMILES string of the molecule is c1ccc(S2(c3ccccc3)c3cc(-c4cccc5c4oc4ccccc45)ccc3-c3ccc(-n4c5ccc(-c6cccc7ccccc67)cc5c5cc(-c6cccc7ccccc67)ccc54)cc32)cc1. The van der Waals surface area contributed by atoms with Crippen molar-refractivity contribution in [2.24, 2.45) is 0 Å². The Hall–Kier alpha value is -8.89. The largest absolute Gasteiger partial charge is 0.455 e. The summed E-state index contributed by atoms with van der Waals surface area (Å²) < 4.78 is 9.19. The predicted molar refractivity (Wildman–Crippen MR) is 298 cm³/mol. The fraction of sp³-hybridized carbons (Fsp3) is 0. The van der Waals surface area contributed by atoms with Gasteiger partial charge in [0.2, 0.25) is 0 Å². The summed E-state index contributed by atoms with van der Waals surface area (Å²) in [7, 11) is -2.04. The molecule has 0 saturated carbocycles. The van der Waals surface area contributed by atoms with Crippen molar-refractivity contribution in [2.75, 3.05) is 0 Å². The lowest BCUT2D eigenvalue weighted by Gasteiger charge is -2.39. The van der Waals surface area contributed by atoms with Gasteiger partial charge in [-0.3, -0.25) is 0 Å². The molecule has 1 aliphatic rings. The summed E-state index contributed by atoms with van der Waals surface area (Å²) >= 11 is 0. The van der Waals surface area contributed by atoms with Crippen LogP contribution in [0.2, 0.25) is 0 Å². The lowest BCUT2D eigenvalue weighted by Crippen LogP contribution is -2.03. The van der Waals surface area contributed by atoms with E-state index in [9.17, 15) is 0 Å². The number of para-hydroxylation sites is 2. The Morgan fingerprint density at radius 1 is 0.296 bits per heavy atom. The predicted octanol–water partition coefficient (Wildman–Crippen LogP) is 19.3. The first-order chi connectivity index (χ1) is 35.2. The van der Waals surface area contributed by atoms with Crippen molar-refractivity contribution < 1.29 is 4.42 Å². The van der Waals surface area contributed by atoms with Crippen LogP contribution in [-0.4, -0.2) is 4.57 Å². The smallest absolute Gasteiger partial charge is 0.143 e. The van der Waals surface area contributed by atoms with Crippen molar-refractivity contribution in [3.05, 3.63) is 261 Å². The summed E-state index contributed by atoms with van der Waals surface area (Å²) in [5.41, 5.74) is 15.0. The minimum Gasteiger partial charge on any atom is -0.455 e. The molecule has 1 aliphatic heterocycles. The standard InChI is InChI=1S/C68H43NOS/c1-3-20-50(21-4-1)71(51-22-5-2-6-23-51)66-42-48(56-29-15-30-60-57-26-11-12-31-65(57)70-68(56)60)32-36-58(66)59-37-35-49(43-67(59)71)69-63-38-33-46(54-27-13-18-44-16-7-9-24-52(44)54)40-61(63)62-41-47(34-39-64(62)69)55-28-14-19-45-17-8-10-25-53(45)55/h1-43H. The third-order valence-corrected chi connectivity index (χ3v) is 19.0. The Bertz CT molecular complexity index is 4280. The van der Waals surface area contributed by atoms with Crippen LogP contribution < -0.4 is 0 Å². The van der Waals surface area contributed by atoms with E-state index < -0.39 is 10.0 Å². The molecule has 3 heterocycles. The Morgan fingerprint density at radius 2 is 0.761 bits per heavy atom. The molecule has 14 aromatic rings. The van der Waals surface area contributed by atoms with Gasteiger partial charge in [-0.25, -0.2) is 0 Å². The van der Waals surface area contributed by atoms with E-state index in [4.69, 9.17) is 4.42 Å². The molecule has 0 amide bonds. The lowest BCUT2D eigenvalue weighted by atomic mass is 9.95. The first-order valence-corrected chi connectivity index (χ1v) is 26.0. The zero-order valence-corrected chi connectivity index (χ0v) is 39.4. The Morgan fingerprint density at radius 3 is 1.39 bits per heavy atom. The molecular formula is C68H43NOS. The number of hydrogen-bond acceptors (Lipinski definition) is 1. The highest BCUT2D eigenvalue weighted by molar-refractivity contribution is 8.34. The van der Waals surface area contributed by atoms with Gasteiger partial charge < -0.3 is 8.98 Å². The Kier molecular flexibility index (Phi) is 8.78. The van der Waals surface area contributed by atoms with Crippen molar-refractivity contribution in [3.63, 3.8) is 0 Å². The minimum atomic E-state index is -2.04. The summed E-state index contributed by atoms with van der Waals surface area (Å²) in [5.74, 6) is 0. The molecule has 0 N–H and O–H groups in total. The molecule has 0 atom stereocenters. The number of hydrogen-bond donors (Lipinski definition) is 0. The van der Waals surface area contributed by atoms with Crippen LogP contribution in [-0.2, 0) is 0 Å². The number of benzene rings is 12. The van der Waals surface area contributed by atoms with Gasteiger partial charge in [0.05, 0.1) is 11.0 Å². The molecule has 0 spiro atoms. The molecule has 12 aromatic carbocycles. The number of aromatic nitrogens is 1. The maximum absolute atomic E-state index is 6.67. The average Bonchev–Trinajstić information content (AvgIpc) is 4.09. The summed E-state index contributed by atoms with van der Waals surface area (Å²) in [6.45, 7) is 0. The van der Waals surface area contributed by atoms with E-state index in [2.05, 4.69) is 265 Å². The Labute approximate surface area is 412 Å². The molecule has 15 rings (SSSR count). The summed E-state index contributed by atoms with van der Waals surface area (Å²) in [4.78, 5) is 5.30. The third kappa shape index (κ3) is 5.91. The maximum atomic E-state index is 6.67. The second kappa shape index (κ2) is 15.6. The summed E-state index contributed by atoms with van der Waals surface area (Å²) in [6.07, 6.45) is 0. The molecule has 0 aliphatic carbocycles. The van der Waals surface area contributed by atoms with E-state index in [1.807, 2.05) is 0 Å². The number of nitrogens with zero attached hydrogens (tertiary/aromatic N) is 1. The molecule has 332 valence electrons. The van der Waals surface area contributed by atoms with Gasteiger partial charge in [-0.15, -0.1) is 10.0 Å². The van der Waals surface area contributed by atoms with Gasteiger partial charge in [0.1, 0.15) is 11.2 Å². The quantitative estimate of drug-likeness (QED) is 0.163. The van der Waals surface area contributed by atoms with Crippen LogP contribution in [0.25, 0.3) is 115 Å².